The molecule has 28 heavy (non-hydrogen) atoms. The summed E-state index contributed by atoms with van der Waals surface area (Å²) >= 11 is 0. The molecule has 1 fully saturated rings. The first-order chi connectivity index (χ1) is 13.5. The van der Waals surface area contributed by atoms with E-state index in [1.165, 1.54) is 0 Å². The second-order valence-corrected chi connectivity index (χ2v) is 7.68. The number of nitrogens with zero attached hydrogens (tertiary/aromatic N) is 1. The van der Waals surface area contributed by atoms with Gasteiger partial charge in [0.15, 0.2) is 5.60 Å². The van der Waals surface area contributed by atoms with Crippen molar-refractivity contribution in [1.29, 1.82) is 0 Å². The van der Waals surface area contributed by atoms with Gasteiger partial charge in [0.25, 0.3) is 0 Å². The van der Waals surface area contributed by atoms with Crippen LogP contribution in [0.3, 0.4) is 0 Å². The Morgan fingerprint density at radius 1 is 1.14 bits per heavy atom. The fraction of sp³-hybridized carbons (Fsp3) is 0.360. The average Bonchev–Trinajstić information content (AvgIpc) is 2.71. The third-order valence-electron chi connectivity index (χ3n) is 5.29. The lowest BCUT2D eigenvalue weighted by Crippen LogP contribution is -2.46. The summed E-state index contributed by atoms with van der Waals surface area (Å²) in [7, 11) is 5.76. The Kier molecular flexibility index (Phi) is 6.57. The summed E-state index contributed by atoms with van der Waals surface area (Å²) in [4.78, 5) is 2.14. The van der Waals surface area contributed by atoms with Crippen LogP contribution in [0.1, 0.15) is 30.4 Å². The second kappa shape index (κ2) is 9.10. The summed E-state index contributed by atoms with van der Waals surface area (Å²) in [5.41, 5.74) is 1.85. The van der Waals surface area contributed by atoms with E-state index in [9.17, 15) is 5.11 Å². The van der Waals surface area contributed by atoms with Crippen LogP contribution in [-0.4, -0.2) is 43.4 Å². The summed E-state index contributed by atoms with van der Waals surface area (Å²) in [6.07, 6.45) is 4.99. The molecule has 1 N–H and O–H groups in total. The van der Waals surface area contributed by atoms with Crippen LogP contribution in [0.15, 0.2) is 60.2 Å². The molecule has 2 aromatic rings. The number of rotatable bonds is 4. The second-order valence-electron chi connectivity index (χ2n) is 7.68. The molecule has 2 unspecified atom stereocenters. The van der Waals surface area contributed by atoms with Crippen LogP contribution in [0, 0.1) is 17.8 Å². The van der Waals surface area contributed by atoms with Gasteiger partial charge < -0.3 is 14.7 Å². The highest BCUT2D eigenvalue weighted by Crippen LogP contribution is 2.39. The summed E-state index contributed by atoms with van der Waals surface area (Å²) in [5, 5.41) is 11.8. The highest BCUT2D eigenvalue weighted by Gasteiger charge is 2.41. The van der Waals surface area contributed by atoms with Crippen molar-refractivity contribution in [3.63, 3.8) is 0 Å². The predicted molar refractivity (Wildman–Crippen MR) is 115 cm³/mol. The molecule has 0 radical (unpaired) electrons. The smallest absolute Gasteiger partial charge is 0.151 e. The molecular weight excluding hydrogens is 346 g/mol. The number of aliphatic hydroxyl groups is 1. The van der Waals surface area contributed by atoms with Gasteiger partial charge >= 0.3 is 0 Å². The summed E-state index contributed by atoms with van der Waals surface area (Å²) in [5.74, 6) is 7.37. The van der Waals surface area contributed by atoms with Gasteiger partial charge in [-0.2, -0.15) is 0 Å². The molecule has 3 heteroatoms. The Bertz CT molecular complexity index is 859. The molecule has 2 atom stereocenters. The van der Waals surface area contributed by atoms with Crippen LogP contribution < -0.4 is 4.74 Å². The summed E-state index contributed by atoms with van der Waals surface area (Å²) in [6.45, 7) is 0.805. The number of hydrogen-bond acceptors (Lipinski definition) is 3. The molecule has 2 aromatic carbocycles. The standard InChI is InChI=1S/C25H29NO2/c1-26(2)19-23-11-7-10-22(18-21-12-14-24(28-3)15-13-21)25(23,27)17-16-20-8-5-4-6-9-20/h4-6,8-9,12-15,18,23,27H,7,10-11,19H2,1-3H3. The SMILES string of the molecule is COc1ccc(C=C2CCCC(CN(C)C)C2(O)C#Cc2ccccc2)cc1. The van der Waals surface area contributed by atoms with Gasteiger partial charge in [-0.1, -0.05) is 48.2 Å². The van der Waals surface area contributed by atoms with E-state index >= 15 is 0 Å². The highest BCUT2D eigenvalue weighted by atomic mass is 16.5. The minimum Gasteiger partial charge on any atom is -0.497 e. The number of ether oxygens (including phenoxy) is 1. The lowest BCUT2D eigenvalue weighted by atomic mass is 9.71. The maximum absolute atomic E-state index is 11.8. The van der Waals surface area contributed by atoms with Gasteiger partial charge in [-0.25, -0.2) is 0 Å². The van der Waals surface area contributed by atoms with Crippen LogP contribution in [0.25, 0.3) is 6.08 Å². The van der Waals surface area contributed by atoms with Crippen molar-refractivity contribution >= 4 is 6.08 Å². The van der Waals surface area contributed by atoms with Crippen LogP contribution in [0.4, 0.5) is 0 Å². The Morgan fingerprint density at radius 3 is 2.50 bits per heavy atom. The Hall–Kier alpha value is -2.54. The van der Waals surface area contributed by atoms with Crippen molar-refractivity contribution in [2.24, 2.45) is 5.92 Å². The van der Waals surface area contributed by atoms with E-state index in [1.54, 1.807) is 7.11 Å². The molecule has 0 saturated heterocycles. The summed E-state index contributed by atoms with van der Waals surface area (Å²) in [6, 6.07) is 17.8. The molecule has 0 amide bonds. The van der Waals surface area contributed by atoms with Crippen molar-refractivity contribution in [2.75, 3.05) is 27.7 Å². The minimum absolute atomic E-state index is 0.0805. The summed E-state index contributed by atoms with van der Waals surface area (Å²) < 4.78 is 5.25. The van der Waals surface area contributed by atoms with Crippen molar-refractivity contribution in [2.45, 2.75) is 24.9 Å². The zero-order valence-corrected chi connectivity index (χ0v) is 17.0. The van der Waals surface area contributed by atoms with Crippen LogP contribution >= 0.6 is 0 Å². The van der Waals surface area contributed by atoms with E-state index in [0.717, 1.165) is 48.3 Å². The van der Waals surface area contributed by atoms with Gasteiger partial charge in [0.05, 0.1) is 7.11 Å². The van der Waals surface area contributed by atoms with Crippen molar-refractivity contribution in [1.82, 2.24) is 4.90 Å². The quantitative estimate of drug-likeness (QED) is 0.812. The lowest BCUT2D eigenvalue weighted by Gasteiger charge is -2.40. The van der Waals surface area contributed by atoms with Crippen LogP contribution in [0.5, 0.6) is 5.75 Å². The van der Waals surface area contributed by atoms with E-state index in [1.807, 2.05) is 68.7 Å². The average molecular weight is 376 g/mol. The third-order valence-corrected chi connectivity index (χ3v) is 5.29. The van der Waals surface area contributed by atoms with E-state index in [-0.39, 0.29) is 5.92 Å². The van der Waals surface area contributed by atoms with Gasteiger partial charge in [0.2, 0.25) is 0 Å². The fourth-order valence-corrected chi connectivity index (χ4v) is 3.82. The molecule has 0 bridgehead atoms. The molecule has 0 aliphatic heterocycles. The van der Waals surface area contributed by atoms with Crippen molar-refractivity contribution in [3.8, 4) is 17.6 Å². The van der Waals surface area contributed by atoms with Crippen molar-refractivity contribution < 1.29 is 9.84 Å². The van der Waals surface area contributed by atoms with E-state index in [4.69, 9.17) is 4.74 Å². The third kappa shape index (κ3) is 4.84. The lowest BCUT2D eigenvalue weighted by molar-refractivity contribution is 0.0374. The van der Waals surface area contributed by atoms with Crippen LogP contribution in [-0.2, 0) is 0 Å². The Morgan fingerprint density at radius 2 is 1.86 bits per heavy atom. The van der Waals surface area contributed by atoms with Gasteiger partial charge in [-0.05, 0) is 68.8 Å². The topological polar surface area (TPSA) is 32.7 Å². The first-order valence-electron chi connectivity index (χ1n) is 9.81. The van der Waals surface area contributed by atoms with Crippen LogP contribution in [0.2, 0.25) is 0 Å². The zero-order chi connectivity index (χ0) is 20.0. The monoisotopic (exact) mass is 375 g/mol. The number of methoxy groups -OCH3 is 1. The molecule has 1 aliphatic rings. The number of benzene rings is 2. The van der Waals surface area contributed by atoms with Crippen molar-refractivity contribution in [3.05, 3.63) is 71.3 Å². The number of hydrogen-bond donors (Lipinski definition) is 1. The molecule has 1 saturated carbocycles. The molecule has 146 valence electrons. The molecule has 3 rings (SSSR count). The first kappa shape index (κ1) is 20.2. The zero-order valence-electron chi connectivity index (χ0n) is 17.0. The van der Waals surface area contributed by atoms with Gasteiger partial charge in [-0.15, -0.1) is 0 Å². The minimum atomic E-state index is -1.13. The molecule has 0 spiro atoms. The Balaban J connectivity index is 1.99. The molecule has 0 heterocycles. The molecular formula is C25H29NO2. The van der Waals surface area contributed by atoms with E-state index < -0.39 is 5.60 Å². The van der Waals surface area contributed by atoms with Gasteiger partial charge in [-0.3, -0.25) is 0 Å². The van der Waals surface area contributed by atoms with E-state index in [0.29, 0.717) is 0 Å². The molecule has 0 aromatic heterocycles. The molecule has 3 nitrogen and oxygen atoms in total. The molecule has 1 aliphatic carbocycles. The Labute approximate surface area is 168 Å². The maximum atomic E-state index is 11.8. The van der Waals surface area contributed by atoms with Gasteiger partial charge in [0.1, 0.15) is 5.75 Å². The largest absolute Gasteiger partial charge is 0.497 e. The van der Waals surface area contributed by atoms with E-state index in [2.05, 4.69) is 22.8 Å². The normalized spacial score (nSPS) is 23.3. The first-order valence-corrected chi connectivity index (χ1v) is 9.81. The maximum Gasteiger partial charge on any atom is 0.151 e. The highest BCUT2D eigenvalue weighted by molar-refractivity contribution is 5.59. The predicted octanol–water partition coefficient (Wildman–Crippen LogP) is 4.22. The fourth-order valence-electron chi connectivity index (χ4n) is 3.82. The van der Waals surface area contributed by atoms with Gasteiger partial charge in [0, 0.05) is 18.0 Å².